The van der Waals surface area contributed by atoms with Gasteiger partial charge in [0.05, 0.1) is 25.2 Å². The van der Waals surface area contributed by atoms with Crippen LogP contribution in [0.15, 0.2) is 10.9 Å². The van der Waals surface area contributed by atoms with Gasteiger partial charge in [0, 0.05) is 7.05 Å². The number of ether oxygens (including phenoxy) is 3. The van der Waals surface area contributed by atoms with Gasteiger partial charge in [-0.1, -0.05) is 0 Å². The maximum Gasteiger partial charge on any atom is 0.355 e. The molecule has 9 heteroatoms. The van der Waals surface area contributed by atoms with Gasteiger partial charge in [0.15, 0.2) is 0 Å². The van der Waals surface area contributed by atoms with Crippen molar-refractivity contribution in [3.8, 4) is 0 Å². The van der Waals surface area contributed by atoms with E-state index in [4.69, 9.17) is 14.2 Å². The Bertz CT molecular complexity index is 923. The summed E-state index contributed by atoms with van der Waals surface area (Å²) in [5.74, 6) is -2.44. The number of carbonyl (C=O) groups is 3. The zero-order valence-electron chi connectivity index (χ0n) is 15.0. The van der Waals surface area contributed by atoms with E-state index in [1.54, 1.807) is 20.8 Å². The summed E-state index contributed by atoms with van der Waals surface area (Å²) < 4.78 is 16.1. The average molecular weight is 364 g/mol. The topological polar surface area (TPSA) is 117 Å². The van der Waals surface area contributed by atoms with Crippen LogP contribution in [0.3, 0.4) is 0 Å². The fourth-order valence-corrected chi connectivity index (χ4v) is 2.51. The van der Waals surface area contributed by atoms with Crippen molar-refractivity contribution in [2.75, 3.05) is 19.8 Å². The van der Waals surface area contributed by atoms with Gasteiger partial charge < -0.3 is 23.8 Å². The molecule has 2 rings (SSSR count). The van der Waals surface area contributed by atoms with Gasteiger partial charge in [0.2, 0.25) is 5.43 Å². The first-order valence-electron chi connectivity index (χ1n) is 8.14. The van der Waals surface area contributed by atoms with Crippen LogP contribution in [-0.2, 0) is 21.3 Å². The number of fused-ring (bicyclic) bond motifs is 1. The zero-order chi connectivity index (χ0) is 19.4. The highest BCUT2D eigenvalue weighted by Gasteiger charge is 2.28. The molecule has 0 spiro atoms. The van der Waals surface area contributed by atoms with Gasteiger partial charge in [-0.2, -0.15) is 0 Å². The predicted octanol–water partition coefficient (Wildman–Crippen LogP) is 1.40. The second kappa shape index (κ2) is 7.85. The van der Waals surface area contributed by atoms with Crippen molar-refractivity contribution < 1.29 is 28.6 Å². The fourth-order valence-electron chi connectivity index (χ4n) is 2.51. The first-order chi connectivity index (χ1) is 12.4. The van der Waals surface area contributed by atoms with Crippen molar-refractivity contribution in [2.45, 2.75) is 20.8 Å². The van der Waals surface area contributed by atoms with E-state index in [0.717, 1.165) is 0 Å². The van der Waals surface area contributed by atoms with E-state index in [1.807, 2.05) is 0 Å². The van der Waals surface area contributed by atoms with Gasteiger partial charge in [-0.25, -0.2) is 14.4 Å². The Labute approximate surface area is 148 Å². The number of nitrogens with one attached hydrogen (secondary N) is 1. The lowest BCUT2D eigenvalue weighted by atomic mass is 10.1. The maximum atomic E-state index is 12.8. The molecule has 0 unspecified atom stereocenters. The summed E-state index contributed by atoms with van der Waals surface area (Å²) >= 11 is 0. The van der Waals surface area contributed by atoms with E-state index in [9.17, 15) is 19.2 Å². The molecule has 2 heterocycles. The van der Waals surface area contributed by atoms with Crippen molar-refractivity contribution >= 4 is 28.9 Å². The van der Waals surface area contributed by atoms with E-state index in [0.29, 0.717) is 0 Å². The molecule has 0 aliphatic carbocycles. The standard InChI is InChI=1S/C17H20N2O7/c1-5-24-15(21)10-8-9-13(20)11(16(22)25-6-2)12(17(23)26-7-3)18-14(9)19(10)4/h8H,5-7H2,1-4H3,(H,18,20). The summed E-state index contributed by atoms with van der Waals surface area (Å²) in [7, 11) is 1.53. The van der Waals surface area contributed by atoms with Crippen LogP contribution in [0.25, 0.3) is 11.0 Å². The molecule has 26 heavy (non-hydrogen) atoms. The molecular formula is C17H20N2O7. The number of esters is 3. The van der Waals surface area contributed by atoms with Crippen LogP contribution in [0, 0.1) is 0 Å². The first-order valence-corrected chi connectivity index (χ1v) is 8.14. The summed E-state index contributed by atoms with van der Waals surface area (Å²) in [6.45, 7) is 5.08. The molecule has 9 nitrogen and oxygen atoms in total. The lowest BCUT2D eigenvalue weighted by Crippen LogP contribution is -2.25. The fraction of sp³-hybridized carbons (Fsp3) is 0.412. The molecule has 0 saturated heterocycles. The van der Waals surface area contributed by atoms with Gasteiger partial charge in [0.1, 0.15) is 22.6 Å². The highest BCUT2D eigenvalue weighted by molar-refractivity contribution is 6.05. The van der Waals surface area contributed by atoms with E-state index in [-0.39, 0.29) is 42.2 Å². The number of H-pyrrole nitrogens is 1. The molecule has 0 aliphatic rings. The van der Waals surface area contributed by atoms with Crippen LogP contribution in [0.5, 0.6) is 0 Å². The Kier molecular flexibility index (Phi) is 5.81. The summed E-state index contributed by atoms with van der Waals surface area (Å²) in [4.78, 5) is 52.0. The molecule has 0 aromatic carbocycles. The molecule has 0 amide bonds. The van der Waals surface area contributed by atoms with Crippen molar-refractivity contribution in [2.24, 2.45) is 7.05 Å². The number of rotatable bonds is 6. The van der Waals surface area contributed by atoms with Crippen molar-refractivity contribution in [3.63, 3.8) is 0 Å². The number of aromatic amines is 1. The van der Waals surface area contributed by atoms with E-state index >= 15 is 0 Å². The third kappa shape index (κ3) is 3.32. The SMILES string of the molecule is CCOC(=O)c1[nH]c2c(cc(C(=O)OCC)n2C)c(=O)c1C(=O)OCC. The highest BCUT2D eigenvalue weighted by atomic mass is 16.5. The van der Waals surface area contributed by atoms with Crippen LogP contribution < -0.4 is 5.43 Å². The predicted molar refractivity (Wildman–Crippen MR) is 91.4 cm³/mol. The lowest BCUT2D eigenvalue weighted by Gasteiger charge is -2.09. The lowest BCUT2D eigenvalue weighted by molar-refractivity contribution is 0.0472. The number of aromatic nitrogens is 2. The van der Waals surface area contributed by atoms with Crippen LogP contribution in [0.1, 0.15) is 52.1 Å². The quantitative estimate of drug-likeness (QED) is 0.608. The molecule has 0 bridgehead atoms. The highest BCUT2D eigenvalue weighted by Crippen LogP contribution is 2.18. The average Bonchev–Trinajstić information content (AvgIpc) is 2.93. The Morgan fingerprint density at radius 3 is 2.08 bits per heavy atom. The molecule has 0 fully saturated rings. The minimum atomic E-state index is -0.944. The maximum absolute atomic E-state index is 12.8. The summed E-state index contributed by atoms with van der Waals surface area (Å²) in [5, 5.41) is 0.0617. The minimum Gasteiger partial charge on any atom is -0.462 e. The molecule has 0 aliphatic heterocycles. The zero-order valence-corrected chi connectivity index (χ0v) is 15.0. The van der Waals surface area contributed by atoms with Gasteiger partial charge >= 0.3 is 17.9 Å². The Hall–Kier alpha value is -3.10. The molecule has 0 radical (unpaired) electrons. The number of pyridine rings is 1. The third-order valence-electron chi connectivity index (χ3n) is 3.64. The van der Waals surface area contributed by atoms with Gasteiger partial charge in [-0.3, -0.25) is 4.79 Å². The smallest absolute Gasteiger partial charge is 0.355 e. The van der Waals surface area contributed by atoms with Crippen LogP contribution in [0.2, 0.25) is 0 Å². The third-order valence-corrected chi connectivity index (χ3v) is 3.64. The second-order valence-corrected chi connectivity index (χ2v) is 5.22. The molecular weight excluding hydrogens is 344 g/mol. The van der Waals surface area contributed by atoms with Gasteiger partial charge in [0.25, 0.3) is 0 Å². The van der Waals surface area contributed by atoms with E-state index < -0.39 is 28.9 Å². The van der Waals surface area contributed by atoms with Gasteiger partial charge in [-0.05, 0) is 26.8 Å². The summed E-state index contributed by atoms with van der Waals surface area (Å²) in [5.41, 5.74) is -1.22. The van der Waals surface area contributed by atoms with E-state index in [2.05, 4.69) is 4.98 Å². The summed E-state index contributed by atoms with van der Waals surface area (Å²) in [6, 6.07) is 1.31. The van der Waals surface area contributed by atoms with Crippen molar-refractivity contribution in [1.82, 2.24) is 9.55 Å². The molecule has 2 aromatic heterocycles. The van der Waals surface area contributed by atoms with Gasteiger partial charge in [-0.15, -0.1) is 0 Å². The Balaban J connectivity index is 2.79. The monoisotopic (exact) mass is 364 g/mol. The first kappa shape index (κ1) is 19.2. The summed E-state index contributed by atoms with van der Waals surface area (Å²) in [6.07, 6.45) is 0. The van der Waals surface area contributed by atoms with Crippen molar-refractivity contribution in [1.29, 1.82) is 0 Å². The van der Waals surface area contributed by atoms with Crippen LogP contribution in [-0.4, -0.2) is 47.3 Å². The van der Waals surface area contributed by atoms with Crippen molar-refractivity contribution in [3.05, 3.63) is 33.2 Å². The minimum absolute atomic E-state index is 0.0292. The number of hydrogen-bond donors (Lipinski definition) is 1. The molecule has 1 N–H and O–H groups in total. The largest absolute Gasteiger partial charge is 0.462 e. The number of nitrogens with zero attached hydrogens (tertiary/aromatic N) is 1. The number of hydrogen-bond acceptors (Lipinski definition) is 7. The molecule has 140 valence electrons. The Morgan fingerprint density at radius 1 is 0.962 bits per heavy atom. The van der Waals surface area contributed by atoms with Crippen LogP contribution in [0.4, 0.5) is 0 Å². The molecule has 2 aromatic rings. The second-order valence-electron chi connectivity index (χ2n) is 5.22. The van der Waals surface area contributed by atoms with E-state index in [1.165, 1.54) is 17.7 Å². The number of aryl methyl sites for hydroxylation is 1. The Morgan fingerprint density at radius 2 is 1.50 bits per heavy atom. The molecule has 0 saturated carbocycles. The normalized spacial score (nSPS) is 10.6. The number of carbonyl (C=O) groups excluding carboxylic acids is 3. The van der Waals surface area contributed by atoms with Crippen LogP contribution >= 0.6 is 0 Å². The molecule has 0 atom stereocenters.